The van der Waals surface area contributed by atoms with Gasteiger partial charge in [0.05, 0.1) is 0 Å². The van der Waals surface area contributed by atoms with Crippen LogP contribution in [0.3, 0.4) is 0 Å². The summed E-state index contributed by atoms with van der Waals surface area (Å²) in [7, 11) is 0. The number of aromatic nitrogens is 1. The van der Waals surface area contributed by atoms with Crippen molar-refractivity contribution in [2.24, 2.45) is 0 Å². The maximum atomic E-state index is 13.3. The van der Waals surface area contributed by atoms with Gasteiger partial charge >= 0.3 is 11.9 Å². The normalized spacial score (nSPS) is 10.2. The van der Waals surface area contributed by atoms with E-state index in [1.807, 2.05) is 6.92 Å². The Balaban J connectivity index is 1.95. The smallest absolute Gasteiger partial charge is 0.308 e. The van der Waals surface area contributed by atoms with Gasteiger partial charge in [0.1, 0.15) is 17.3 Å². The third-order valence-corrected chi connectivity index (χ3v) is 4.26. The van der Waals surface area contributed by atoms with Gasteiger partial charge in [0, 0.05) is 31.2 Å². The highest BCUT2D eigenvalue weighted by Crippen LogP contribution is 2.22. The Bertz CT molecular complexity index is 1080. The summed E-state index contributed by atoms with van der Waals surface area (Å²) in [6, 6.07) is 15.0. The van der Waals surface area contributed by atoms with E-state index in [-0.39, 0.29) is 28.4 Å². The lowest BCUT2D eigenvalue weighted by atomic mass is 10.1. The van der Waals surface area contributed by atoms with Gasteiger partial charge in [-0.3, -0.25) is 19.2 Å². The van der Waals surface area contributed by atoms with Crippen LogP contribution in [0.15, 0.2) is 66.9 Å². The van der Waals surface area contributed by atoms with Crippen LogP contribution in [-0.2, 0) is 9.59 Å². The molecule has 0 spiro atoms. The van der Waals surface area contributed by atoms with Crippen molar-refractivity contribution in [3.63, 3.8) is 0 Å². The van der Waals surface area contributed by atoms with Gasteiger partial charge in [-0.1, -0.05) is 6.07 Å². The summed E-state index contributed by atoms with van der Waals surface area (Å²) in [6.07, 6.45) is 1.55. The molecule has 0 aliphatic rings. The van der Waals surface area contributed by atoms with Gasteiger partial charge in [-0.25, -0.2) is 9.88 Å². The van der Waals surface area contributed by atoms with E-state index in [2.05, 4.69) is 4.98 Å². The van der Waals surface area contributed by atoms with Crippen molar-refractivity contribution >= 4 is 29.6 Å². The molecule has 0 atom stereocenters. The monoisotopic (exact) mass is 432 g/mol. The van der Waals surface area contributed by atoms with E-state index in [1.54, 1.807) is 18.3 Å². The predicted molar refractivity (Wildman–Crippen MR) is 116 cm³/mol. The first-order chi connectivity index (χ1) is 15.2. The minimum Gasteiger partial charge on any atom is -0.427 e. The van der Waals surface area contributed by atoms with E-state index in [0.29, 0.717) is 0 Å². The number of esters is 2. The van der Waals surface area contributed by atoms with E-state index in [0.717, 1.165) is 10.5 Å². The molecule has 0 aliphatic heterocycles. The van der Waals surface area contributed by atoms with Crippen LogP contribution in [-0.4, -0.2) is 28.7 Å². The number of nitrogens with zero attached hydrogens (tertiary/aromatic N) is 2. The summed E-state index contributed by atoms with van der Waals surface area (Å²) in [4.78, 5) is 54.0. The molecule has 0 saturated carbocycles. The second-order valence-electron chi connectivity index (χ2n) is 6.88. The van der Waals surface area contributed by atoms with Crippen molar-refractivity contribution < 1.29 is 28.7 Å². The van der Waals surface area contributed by atoms with E-state index in [1.165, 1.54) is 62.4 Å². The minimum atomic E-state index is -0.607. The summed E-state index contributed by atoms with van der Waals surface area (Å²) >= 11 is 0. The molecule has 3 aromatic rings. The molecule has 0 bridgehead atoms. The molecular formula is C24H20N2O6. The molecule has 2 amide bonds. The Labute approximate surface area is 184 Å². The van der Waals surface area contributed by atoms with Gasteiger partial charge < -0.3 is 9.47 Å². The number of benzene rings is 2. The van der Waals surface area contributed by atoms with Crippen LogP contribution in [0.4, 0.5) is 5.82 Å². The van der Waals surface area contributed by atoms with Crippen molar-refractivity contribution in [1.29, 1.82) is 0 Å². The quantitative estimate of drug-likeness (QED) is 0.344. The molecule has 0 fully saturated rings. The van der Waals surface area contributed by atoms with Crippen LogP contribution in [0.5, 0.6) is 11.5 Å². The number of rotatable bonds is 5. The number of hydrogen-bond donors (Lipinski definition) is 0. The van der Waals surface area contributed by atoms with Gasteiger partial charge in [-0.05, 0) is 67.1 Å². The summed E-state index contributed by atoms with van der Waals surface area (Å²) in [6.45, 7) is 4.39. The lowest BCUT2D eigenvalue weighted by Gasteiger charge is -2.20. The summed E-state index contributed by atoms with van der Waals surface area (Å²) in [5, 5.41) is 0. The Hall–Kier alpha value is -4.33. The largest absolute Gasteiger partial charge is 0.427 e. The third kappa shape index (κ3) is 5.42. The van der Waals surface area contributed by atoms with Gasteiger partial charge in [0.25, 0.3) is 11.8 Å². The van der Waals surface area contributed by atoms with Crippen molar-refractivity contribution in [3.8, 4) is 11.5 Å². The maximum Gasteiger partial charge on any atom is 0.308 e. The summed E-state index contributed by atoms with van der Waals surface area (Å²) < 4.78 is 9.97. The number of imide groups is 1. The zero-order valence-electron chi connectivity index (χ0n) is 17.7. The molecule has 1 aromatic heterocycles. The number of pyridine rings is 1. The van der Waals surface area contributed by atoms with Crippen LogP contribution in [0.2, 0.25) is 0 Å². The van der Waals surface area contributed by atoms with Crippen molar-refractivity contribution in [2.45, 2.75) is 20.8 Å². The number of aryl methyl sites for hydroxylation is 1. The Morgan fingerprint density at radius 1 is 0.688 bits per heavy atom. The Morgan fingerprint density at radius 3 is 1.47 bits per heavy atom. The van der Waals surface area contributed by atoms with Crippen LogP contribution in [0.25, 0.3) is 0 Å². The zero-order chi connectivity index (χ0) is 23.3. The first-order valence-electron chi connectivity index (χ1n) is 9.63. The molecule has 0 aliphatic carbocycles. The molecule has 0 N–H and O–H groups in total. The molecule has 0 unspecified atom stereocenters. The van der Waals surface area contributed by atoms with Crippen LogP contribution in [0.1, 0.15) is 40.1 Å². The lowest BCUT2D eigenvalue weighted by molar-refractivity contribution is -0.132. The maximum absolute atomic E-state index is 13.3. The van der Waals surface area contributed by atoms with E-state index >= 15 is 0 Å². The Kier molecular flexibility index (Phi) is 6.74. The molecule has 162 valence electrons. The fraction of sp³-hybridized carbons (Fsp3) is 0.125. The number of amides is 2. The number of carbonyl (C=O) groups is 4. The fourth-order valence-electron chi connectivity index (χ4n) is 2.81. The molecule has 3 rings (SSSR count). The molecule has 8 heteroatoms. The highest BCUT2D eigenvalue weighted by Gasteiger charge is 2.27. The SMILES string of the molecule is CC(=O)Oc1ccc(C(=O)N(C(=O)c2ccc(OC(C)=O)cc2)c2ccc(C)cn2)cc1. The molecule has 32 heavy (non-hydrogen) atoms. The Morgan fingerprint density at radius 2 is 1.12 bits per heavy atom. The fourth-order valence-corrected chi connectivity index (χ4v) is 2.81. The highest BCUT2D eigenvalue weighted by atomic mass is 16.5. The number of carbonyl (C=O) groups excluding carboxylic acids is 4. The topological polar surface area (TPSA) is 103 Å². The second-order valence-corrected chi connectivity index (χ2v) is 6.88. The average molecular weight is 432 g/mol. The minimum absolute atomic E-state index is 0.152. The third-order valence-electron chi connectivity index (χ3n) is 4.26. The van der Waals surface area contributed by atoms with Gasteiger partial charge in [-0.15, -0.1) is 0 Å². The molecule has 0 radical (unpaired) electrons. The summed E-state index contributed by atoms with van der Waals surface area (Å²) in [5.74, 6) is -1.47. The standard InChI is InChI=1S/C24H20N2O6/c1-15-4-13-22(25-14-15)26(23(29)18-5-9-20(10-6-18)31-16(2)27)24(30)19-7-11-21(12-8-19)32-17(3)28/h4-14H,1-3H3. The first kappa shape index (κ1) is 22.4. The van der Waals surface area contributed by atoms with Gasteiger partial charge in [-0.2, -0.15) is 0 Å². The number of ether oxygens (including phenoxy) is 2. The van der Waals surface area contributed by atoms with Crippen molar-refractivity contribution in [2.75, 3.05) is 4.90 Å². The molecule has 8 nitrogen and oxygen atoms in total. The van der Waals surface area contributed by atoms with Crippen molar-refractivity contribution in [3.05, 3.63) is 83.6 Å². The summed E-state index contributed by atoms with van der Waals surface area (Å²) in [5.41, 5.74) is 1.27. The first-order valence-corrected chi connectivity index (χ1v) is 9.63. The van der Waals surface area contributed by atoms with Crippen molar-refractivity contribution in [1.82, 2.24) is 4.98 Å². The van der Waals surface area contributed by atoms with Crippen LogP contribution in [0, 0.1) is 6.92 Å². The number of anilines is 1. The molecule has 0 saturated heterocycles. The predicted octanol–water partition coefficient (Wildman–Crippen LogP) is 3.73. The molecular weight excluding hydrogens is 412 g/mol. The van der Waals surface area contributed by atoms with Crippen LogP contribution >= 0.6 is 0 Å². The van der Waals surface area contributed by atoms with Gasteiger partial charge in [0.15, 0.2) is 0 Å². The molecule has 2 aromatic carbocycles. The zero-order valence-corrected chi connectivity index (χ0v) is 17.7. The number of hydrogen-bond acceptors (Lipinski definition) is 7. The molecule has 1 heterocycles. The highest BCUT2D eigenvalue weighted by molar-refractivity contribution is 6.25. The van der Waals surface area contributed by atoms with E-state index < -0.39 is 23.8 Å². The van der Waals surface area contributed by atoms with E-state index in [9.17, 15) is 19.2 Å². The van der Waals surface area contributed by atoms with Crippen LogP contribution < -0.4 is 14.4 Å². The van der Waals surface area contributed by atoms with E-state index in [4.69, 9.17) is 9.47 Å². The average Bonchev–Trinajstić information content (AvgIpc) is 2.75. The second kappa shape index (κ2) is 9.65. The van der Waals surface area contributed by atoms with Gasteiger partial charge in [0.2, 0.25) is 0 Å². The lowest BCUT2D eigenvalue weighted by Crippen LogP contribution is -2.37.